The molecule has 20 heavy (non-hydrogen) atoms. The van der Waals surface area contributed by atoms with Crippen molar-refractivity contribution in [3.63, 3.8) is 0 Å². The van der Waals surface area contributed by atoms with Crippen LogP contribution in [-0.2, 0) is 5.88 Å². The van der Waals surface area contributed by atoms with Crippen molar-refractivity contribution >= 4 is 29.0 Å². The molecule has 0 radical (unpaired) electrons. The van der Waals surface area contributed by atoms with Crippen LogP contribution in [0.15, 0.2) is 28.7 Å². The minimum atomic E-state index is 0.225. The summed E-state index contributed by atoms with van der Waals surface area (Å²) in [5.41, 5.74) is 2.19. The number of alkyl halides is 1. The van der Waals surface area contributed by atoms with Crippen LogP contribution in [0.25, 0.3) is 0 Å². The highest BCUT2D eigenvalue weighted by Gasteiger charge is 2.11. The molecule has 0 unspecified atom stereocenters. The summed E-state index contributed by atoms with van der Waals surface area (Å²) in [6, 6.07) is 8.65. The average molecular weight is 293 g/mol. The van der Waals surface area contributed by atoms with Crippen molar-refractivity contribution < 1.29 is 4.42 Å². The molecule has 1 aromatic heterocycles. The lowest BCUT2D eigenvalue weighted by atomic mass is 10.1. The molecule has 3 rings (SSSR count). The number of benzene rings is 1. The molecule has 106 valence electrons. The van der Waals surface area contributed by atoms with Crippen molar-refractivity contribution in [2.75, 3.05) is 23.3 Å². The Morgan fingerprint density at radius 1 is 1.10 bits per heavy atom. The highest BCUT2D eigenvalue weighted by Crippen LogP contribution is 2.23. The molecule has 2 aromatic rings. The first-order valence-corrected chi connectivity index (χ1v) is 7.39. The van der Waals surface area contributed by atoms with E-state index >= 15 is 0 Å². The van der Waals surface area contributed by atoms with Gasteiger partial charge in [0.15, 0.2) is 0 Å². The fraction of sp³-hybridized carbons (Fsp3) is 0.429. The molecule has 0 spiro atoms. The predicted molar refractivity (Wildman–Crippen MR) is 79.6 cm³/mol. The molecule has 1 aromatic carbocycles. The summed E-state index contributed by atoms with van der Waals surface area (Å²) in [6.07, 6.45) is 3.91. The fourth-order valence-electron chi connectivity index (χ4n) is 2.39. The summed E-state index contributed by atoms with van der Waals surface area (Å²) < 4.78 is 5.31. The van der Waals surface area contributed by atoms with Gasteiger partial charge < -0.3 is 14.6 Å². The van der Waals surface area contributed by atoms with E-state index in [-0.39, 0.29) is 5.88 Å². The van der Waals surface area contributed by atoms with Crippen molar-refractivity contribution in [1.29, 1.82) is 0 Å². The Kier molecular flexibility index (Phi) is 4.06. The number of anilines is 3. The quantitative estimate of drug-likeness (QED) is 0.874. The number of hydrogen-bond acceptors (Lipinski definition) is 5. The molecule has 0 amide bonds. The van der Waals surface area contributed by atoms with Crippen LogP contribution in [0.4, 0.5) is 17.4 Å². The normalized spacial score (nSPS) is 15.3. The van der Waals surface area contributed by atoms with Gasteiger partial charge in [0.1, 0.15) is 5.88 Å². The van der Waals surface area contributed by atoms with E-state index in [1.54, 1.807) is 0 Å². The van der Waals surface area contributed by atoms with Gasteiger partial charge in [-0.2, -0.15) is 0 Å². The molecule has 1 fully saturated rings. The second kappa shape index (κ2) is 6.13. The lowest BCUT2D eigenvalue weighted by Crippen LogP contribution is -2.29. The van der Waals surface area contributed by atoms with E-state index in [1.165, 1.54) is 24.9 Å². The van der Waals surface area contributed by atoms with Gasteiger partial charge in [0.25, 0.3) is 0 Å². The molecule has 5 nitrogen and oxygen atoms in total. The Bertz CT molecular complexity index is 549. The smallest absolute Gasteiger partial charge is 0.320 e. The molecule has 1 saturated heterocycles. The number of nitrogens with one attached hydrogen (secondary N) is 1. The van der Waals surface area contributed by atoms with Crippen LogP contribution in [0.2, 0.25) is 0 Å². The third kappa shape index (κ3) is 3.04. The summed E-state index contributed by atoms with van der Waals surface area (Å²) in [5.74, 6) is 0.641. The first kappa shape index (κ1) is 13.2. The largest absolute Gasteiger partial charge is 0.407 e. The fourth-order valence-corrected chi connectivity index (χ4v) is 2.50. The first-order valence-electron chi connectivity index (χ1n) is 6.85. The van der Waals surface area contributed by atoms with Crippen LogP contribution >= 0.6 is 11.6 Å². The van der Waals surface area contributed by atoms with Crippen LogP contribution in [0, 0.1) is 0 Å². The topological polar surface area (TPSA) is 54.2 Å². The summed E-state index contributed by atoms with van der Waals surface area (Å²) in [5, 5.41) is 10.7. The number of piperidine rings is 1. The maximum atomic E-state index is 5.62. The molecule has 2 heterocycles. The Hall–Kier alpha value is -1.75. The molecule has 0 aliphatic carbocycles. The Morgan fingerprint density at radius 2 is 1.85 bits per heavy atom. The lowest BCUT2D eigenvalue weighted by Gasteiger charge is -2.28. The SMILES string of the molecule is ClCc1nnc(Nc2ccc(N3CCCCC3)cc2)o1. The minimum absolute atomic E-state index is 0.225. The van der Waals surface area contributed by atoms with E-state index in [9.17, 15) is 0 Å². The van der Waals surface area contributed by atoms with E-state index in [2.05, 4.69) is 32.5 Å². The highest BCUT2D eigenvalue weighted by atomic mass is 35.5. The first-order chi connectivity index (χ1) is 9.85. The zero-order valence-corrected chi connectivity index (χ0v) is 11.9. The molecule has 0 atom stereocenters. The number of aromatic nitrogens is 2. The third-order valence-corrected chi connectivity index (χ3v) is 3.65. The maximum Gasteiger partial charge on any atom is 0.320 e. The Labute approximate surface area is 122 Å². The third-order valence-electron chi connectivity index (χ3n) is 3.42. The van der Waals surface area contributed by atoms with Gasteiger partial charge in [0.05, 0.1) is 0 Å². The number of rotatable bonds is 4. The van der Waals surface area contributed by atoms with Crippen molar-refractivity contribution in [2.24, 2.45) is 0 Å². The van der Waals surface area contributed by atoms with Crippen molar-refractivity contribution in [3.05, 3.63) is 30.2 Å². The van der Waals surface area contributed by atoms with Crippen molar-refractivity contribution in [2.45, 2.75) is 25.1 Å². The molecular formula is C14H17ClN4O. The van der Waals surface area contributed by atoms with Crippen molar-refractivity contribution in [3.8, 4) is 0 Å². The zero-order chi connectivity index (χ0) is 13.8. The summed E-state index contributed by atoms with van der Waals surface area (Å²) in [7, 11) is 0. The van der Waals surface area contributed by atoms with E-state index in [1.807, 2.05) is 12.1 Å². The van der Waals surface area contributed by atoms with Gasteiger partial charge in [0, 0.05) is 24.5 Å². The van der Waals surface area contributed by atoms with Gasteiger partial charge >= 0.3 is 6.01 Å². The van der Waals surface area contributed by atoms with Gasteiger partial charge in [-0.15, -0.1) is 16.7 Å². The zero-order valence-electron chi connectivity index (χ0n) is 11.2. The van der Waals surface area contributed by atoms with Crippen LogP contribution in [0.3, 0.4) is 0 Å². The summed E-state index contributed by atoms with van der Waals surface area (Å²) >= 11 is 5.62. The van der Waals surface area contributed by atoms with E-state index in [0.29, 0.717) is 11.9 Å². The van der Waals surface area contributed by atoms with Crippen LogP contribution in [-0.4, -0.2) is 23.3 Å². The molecule has 0 saturated carbocycles. The van der Waals surface area contributed by atoms with Gasteiger partial charge in [-0.3, -0.25) is 0 Å². The molecule has 6 heteroatoms. The number of hydrogen-bond donors (Lipinski definition) is 1. The second-order valence-electron chi connectivity index (χ2n) is 4.85. The van der Waals surface area contributed by atoms with Crippen LogP contribution in [0.5, 0.6) is 0 Å². The lowest BCUT2D eigenvalue weighted by molar-refractivity contribution is 0.530. The summed E-state index contributed by atoms with van der Waals surface area (Å²) in [6.45, 7) is 2.30. The second-order valence-corrected chi connectivity index (χ2v) is 5.12. The van der Waals surface area contributed by atoms with Gasteiger partial charge in [-0.1, -0.05) is 5.10 Å². The molecule has 1 N–H and O–H groups in total. The number of halogens is 1. The molecule has 0 bridgehead atoms. The summed E-state index contributed by atoms with van der Waals surface area (Å²) in [4.78, 5) is 2.42. The molecular weight excluding hydrogens is 276 g/mol. The van der Waals surface area contributed by atoms with E-state index in [0.717, 1.165) is 18.8 Å². The van der Waals surface area contributed by atoms with E-state index in [4.69, 9.17) is 16.0 Å². The van der Waals surface area contributed by atoms with Crippen LogP contribution < -0.4 is 10.2 Å². The monoisotopic (exact) mass is 292 g/mol. The Balaban J connectivity index is 1.66. The van der Waals surface area contributed by atoms with Crippen molar-refractivity contribution in [1.82, 2.24) is 10.2 Å². The molecule has 1 aliphatic heterocycles. The minimum Gasteiger partial charge on any atom is -0.407 e. The molecule has 1 aliphatic rings. The van der Waals surface area contributed by atoms with Crippen LogP contribution in [0.1, 0.15) is 25.2 Å². The highest BCUT2D eigenvalue weighted by molar-refractivity contribution is 6.16. The standard InChI is InChI=1S/C14H17ClN4O/c15-10-13-17-18-14(20-13)16-11-4-6-12(7-5-11)19-8-2-1-3-9-19/h4-7H,1-3,8-10H2,(H,16,18). The average Bonchev–Trinajstić information content (AvgIpc) is 2.97. The number of nitrogens with zero attached hydrogens (tertiary/aromatic N) is 3. The van der Waals surface area contributed by atoms with Gasteiger partial charge in [-0.05, 0) is 43.5 Å². The van der Waals surface area contributed by atoms with E-state index < -0.39 is 0 Å². The predicted octanol–water partition coefficient (Wildman–Crippen LogP) is 3.54. The van der Waals surface area contributed by atoms with Gasteiger partial charge in [-0.25, -0.2) is 0 Å². The maximum absolute atomic E-state index is 5.62. The van der Waals surface area contributed by atoms with Gasteiger partial charge in [0.2, 0.25) is 5.89 Å². The Morgan fingerprint density at radius 3 is 2.50 bits per heavy atom.